The van der Waals surface area contributed by atoms with Gasteiger partial charge in [-0.25, -0.2) is 4.98 Å². The molecule has 1 saturated heterocycles. The molecule has 3 rings (SSSR count). The first-order chi connectivity index (χ1) is 10.0. The summed E-state index contributed by atoms with van der Waals surface area (Å²) in [7, 11) is 0. The van der Waals surface area contributed by atoms with Gasteiger partial charge in [-0.15, -0.1) is 0 Å². The smallest absolute Gasteiger partial charge is 0.319 e. The summed E-state index contributed by atoms with van der Waals surface area (Å²) < 4.78 is 7.24. The van der Waals surface area contributed by atoms with Crippen LogP contribution < -0.4 is 0 Å². The van der Waals surface area contributed by atoms with Crippen LogP contribution in [-0.2, 0) is 9.53 Å². The molecule has 1 aliphatic rings. The number of nitrogens with zero attached hydrogens (tertiary/aromatic N) is 2. The Balaban J connectivity index is 1.89. The third-order valence-electron chi connectivity index (χ3n) is 3.47. The number of ether oxygens (including phenoxy) is 1. The van der Waals surface area contributed by atoms with Crippen LogP contribution in [0.15, 0.2) is 35.7 Å². The Morgan fingerprint density at radius 1 is 1.29 bits per heavy atom. The van der Waals surface area contributed by atoms with Crippen molar-refractivity contribution in [3.63, 3.8) is 0 Å². The van der Waals surface area contributed by atoms with Crippen LogP contribution >= 0.6 is 11.8 Å². The number of carbonyl (C=O) groups excluding carboxylic acids is 1. The van der Waals surface area contributed by atoms with Crippen LogP contribution in [-0.4, -0.2) is 26.9 Å². The van der Waals surface area contributed by atoms with Crippen molar-refractivity contribution in [3.8, 4) is 5.69 Å². The lowest BCUT2D eigenvalue weighted by Crippen LogP contribution is -2.11. The number of hydrogen-bond acceptors (Lipinski definition) is 4. The van der Waals surface area contributed by atoms with Crippen LogP contribution in [0, 0.1) is 13.8 Å². The van der Waals surface area contributed by atoms with E-state index < -0.39 is 0 Å². The van der Waals surface area contributed by atoms with E-state index in [0.717, 1.165) is 17.3 Å². The third kappa shape index (κ3) is 2.97. The highest BCUT2D eigenvalue weighted by atomic mass is 32.2. The molecular formula is C16H18N2O2S. The highest BCUT2D eigenvalue weighted by Crippen LogP contribution is 2.32. The maximum Gasteiger partial charge on any atom is 0.319 e. The topological polar surface area (TPSA) is 44.1 Å². The first kappa shape index (κ1) is 14.2. The molecule has 1 aromatic carbocycles. The standard InChI is InChI=1S/C16H18N2O2S/c1-10-6-11(2)8-13(7-10)18-5-4-17-16(18)21-14-9-12(3)20-15(14)19/h4-8,12,14H,9H2,1-3H3/t12-,14-/m1/s1. The normalized spacial score (nSPS) is 21.6. The molecule has 21 heavy (non-hydrogen) atoms. The second kappa shape index (κ2) is 5.56. The van der Waals surface area contributed by atoms with Crippen molar-refractivity contribution in [1.29, 1.82) is 0 Å². The van der Waals surface area contributed by atoms with Gasteiger partial charge in [-0.2, -0.15) is 0 Å². The van der Waals surface area contributed by atoms with Crippen molar-refractivity contribution in [2.24, 2.45) is 0 Å². The fourth-order valence-corrected chi connectivity index (χ4v) is 3.78. The van der Waals surface area contributed by atoms with Gasteiger partial charge in [0.15, 0.2) is 5.16 Å². The van der Waals surface area contributed by atoms with Crippen LogP contribution in [0.2, 0.25) is 0 Å². The monoisotopic (exact) mass is 302 g/mol. The molecule has 1 aliphatic heterocycles. The largest absolute Gasteiger partial charge is 0.462 e. The van der Waals surface area contributed by atoms with Gasteiger partial charge in [-0.3, -0.25) is 9.36 Å². The molecule has 0 saturated carbocycles. The van der Waals surface area contributed by atoms with Crippen molar-refractivity contribution < 1.29 is 9.53 Å². The van der Waals surface area contributed by atoms with E-state index in [1.807, 2.05) is 17.7 Å². The lowest BCUT2D eigenvalue weighted by atomic mass is 10.1. The first-order valence-corrected chi connectivity index (χ1v) is 7.90. The van der Waals surface area contributed by atoms with Gasteiger partial charge in [-0.1, -0.05) is 17.8 Å². The van der Waals surface area contributed by atoms with E-state index in [2.05, 4.69) is 37.0 Å². The average Bonchev–Trinajstić information content (AvgIpc) is 2.96. The number of rotatable bonds is 3. The molecule has 0 bridgehead atoms. The summed E-state index contributed by atoms with van der Waals surface area (Å²) in [5.74, 6) is -0.137. The van der Waals surface area contributed by atoms with E-state index in [1.54, 1.807) is 6.20 Å². The fourth-order valence-electron chi connectivity index (χ4n) is 2.61. The van der Waals surface area contributed by atoms with Gasteiger partial charge in [0.2, 0.25) is 0 Å². The summed E-state index contributed by atoms with van der Waals surface area (Å²) in [6.07, 6.45) is 4.44. The molecule has 0 aliphatic carbocycles. The lowest BCUT2D eigenvalue weighted by molar-refractivity contribution is -0.140. The molecule has 5 heteroatoms. The first-order valence-electron chi connectivity index (χ1n) is 7.02. The van der Waals surface area contributed by atoms with Gasteiger partial charge in [0.05, 0.1) is 0 Å². The highest BCUT2D eigenvalue weighted by Gasteiger charge is 2.33. The number of imidazole rings is 1. The molecular weight excluding hydrogens is 284 g/mol. The molecule has 0 radical (unpaired) electrons. The second-order valence-corrected chi connectivity index (χ2v) is 6.69. The Bertz CT molecular complexity index is 660. The van der Waals surface area contributed by atoms with Crippen molar-refractivity contribution in [3.05, 3.63) is 41.7 Å². The maximum atomic E-state index is 11.8. The van der Waals surface area contributed by atoms with E-state index in [-0.39, 0.29) is 17.3 Å². The lowest BCUT2D eigenvalue weighted by Gasteiger charge is -2.11. The number of esters is 1. The molecule has 0 spiro atoms. The number of thioether (sulfide) groups is 1. The molecule has 0 amide bonds. The number of cyclic esters (lactones) is 1. The summed E-state index contributed by atoms with van der Waals surface area (Å²) in [6.45, 7) is 6.08. The number of carbonyl (C=O) groups is 1. The Labute approximate surface area is 128 Å². The fraction of sp³-hybridized carbons (Fsp3) is 0.375. The predicted octanol–water partition coefficient (Wildman–Crippen LogP) is 3.29. The van der Waals surface area contributed by atoms with Crippen LogP contribution in [0.4, 0.5) is 0 Å². The van der Waals surface area contributed by atoms with Gasteiger partial charge in [0.1, 0.15) is 11.4 Å². The zero-order valence-corrected chi connectivity index (χ0v) is 13.2. The minimum atomic E-state index is -0.160. The average molecular weight is 302 g/mol. The maximum absolute atomic E-state index is 11.8. The van der Waals surface area contributed by atoms with Crippen LogP contribution in [0.3, 0.4) is 0 Å². The Morgan fingerprint density at radius 2 is 2.00 bits per heavy atom. The van der Waals surface area contributed by atoms with Crippen molar-refractivity contribution in [2.45, 2.75) is 43.7 Å². The quantitative estimate of drug-likeness (QED) is 0.816. The van der Waals surface area contributed by atoms with Gasteiger partial charge < -0.3 is 4.74 Å². The molecule has 4 nitrogen and oxygen atoms in total. The Kier molecular flexibility index (Phi) is 3.76. The summed E-state index contributed by atoms with van der Waals surface area (Å²) in [5, 5.41) is 0.670. The second-order valence-electron chi connectivity index (χ2n) is 5.52. The highest BCUT2D eigenvalue weighted by molar-refractivity contribution is 8.00. The van der Waals surface area contributed by atoms with E-state index in [1.165, 1.54) is 22.9 Å². The minimum Gasteiger partial charge on any atom is -0.462 e. The van der Waals surface area contributed by atoms with Gasteiger partial charge in [-0.05, 0) is 44.0 Å². The predicted molar refractivity (Wildman–Crippen MR) is 82.9 cm³/mol. The van der Waals surface area contributed by atoms with Gasteiger partial charge in [0, 0.05) is 24.5 Å². The van der Waals surface area contributed by atoms with Gasteiger partial charge in [0.25, 0.3) is 0 Å². The molecule has 2 heterocycles. The minimum absolute atomic E-state index is 0.000346. The Morgan fingerprint density at radius 3 is 2.62 bits per heavy atom. The van der Waals surface area contributed by atoms with Crippen molar-refractivity contribution in [2.75, 3.05) is 0 Å². The Hall–Kier alpha value is -1.75. The molecule has 110 valence electrons. The molecule has 2 aromatic rings. The summed E-state index contributed by atoms with van der Waals surface area (Å²) in [4.78, 5) is 16.2. The van der Waals surface area contributed by atoms with Crippen molar-refractivity contribution in [1.82, 2.24) is 9.55 Å². The summed E-state index contributed by atoms with van der Waals surface area (Å²) in [6, 6.07) is 6.38. The molecule has 1 aromatic heterocycles. The van der Waals surface area contributed by atoms with E-state index >= 15 is 0 Å². The van der Waals surface area contributed by atoms with Crippen LogP contribution in [0.1, 0.15) is 24.5 Å². The molecule has 2 atom stereocenters. The van der Waals surface area contributed by atoms with E-state index in [4.69, 9.17) is 4.74 Å². The number of aromatic nitrogens is 2. The number of benzene rings is 1. The van der Waals surface area contributed by atoms with E-state index in [0.29, 0.717) is 0 Å². The summed E-state index contributed by atoms with van der Waals surface area (Å²) >= 11 is 1.48. The van der Waals surface area contributed by atoms with Crippen LogP contribution in [0.25, 0.3) is 5.69 Å². The summed E-state index contributed by atoms with van der Waals surface area (Å²) in [5.41, 5.74) is 3.50. The third-order valence-corrected chi connectivity index (χ3v) is 4.65. The van der Waals surface area contributed by atoms with Crippen molar-refractivity contribution >= 4 is 17.7 Å². The number of aryl methyl sites for hydroxylation is 2. The molecule has 0 unspecified atom stereocenters. The van der Waals surface area contributed by atoms with Crippen LogP contribution in [0.5, 0.6) is 0 Å². The zero-order valence-electron chi connectivity index (χ0n) is 12.4. The number of hydrogen-bond donors (Lipinski definition) is 0. The van der Waals surface area contributed by atoms with E-state index in [9.17, 15) is 4.79 Å². The zero-order chi connectivity index (χ0) is 15.0. The van der Waals surface area contributed by atoms with Gasteiger partial charge >= 0.3 is 5.97 Å². The SMILES string of the molecule is Cc1cc(C)cc(-n2ccnc2S[C@@H]2C[C@@H](C)OC2=O)c1. The molecule has 0 N–H and O–H groups in total. The molecule has 1 fully saturated rings.